The normalized spacial score (nSPS) is 14.1. The highest BCUT2D eigenvalue weighted by Gasteiger charge is 2.37. The van der Waals surface area contributed by atoms with Crippen molar-refractivity contribution in [3.63, 3.8) is 0 Å². The summed E-state index contributed by atoms with van der Waals surface area (Å²) in [5.74, 6) is -1.17. The lowest BCUT2D eigenvalue weighted by atomic mass is 10.2. The fourth-order valence-corrected chi connectivity index (χ4v) is 3.27. The van der Waals surface area contributed by atoms with Crippen molar-refractivity contribution < 1.29 is 22.4 Å². The Morgan fingerprint density at radius 2 is 1.88 bits per heavy atom. The summed E-state index contributed by atoms with van der Waals surface area (Å²) in [6.07, 6.45) is -1.71. The number of rotatable bonds is 5. The van der Waals surface area contributed by atoms with Crippen LogP contribution in [0.3, 0.4) is 0 Å². The largest absolute Gasteiger partial charge is 0.433 e. The fraction of sp³-hybridized carbons (Fsp3) is 0.250. The van der Waals surface area contributed by atoms with Crippen LogP contribution in [0.5, 0.6) is 0 Å². The summed E-state index contributed by atoms with van der Waals surface area (Å²) >= 11 is 0. The van der Waals surface area contributed by atoms with Crippen molar-refractivity contribution >= 4 is 17.5 Å². The van der Waals surface area contributed by atoms with Crippen molar-refractivity contribution in [3.05, 3.63) is 71.2 Å². The quantitative estimate of drug-likeness (QED) is 0.474. The van der Waals surface area contributed by atoms with Gasteiger partial charge in [0.15, 0.2) is 11.3 Å². The van der Waals surface area contributed by atoms with Gasteiger partial charge in [0.2, 0.25) is 5.95 Å². The van der Waals surface area contributed by atoms with E-state index in [1.165, 1.54) is 29.2 Å². The number of halogens is 4. The molecular weight excluding hydrogens is 430 g/mol. The second-order valence-electron chi connectivity index (χ2n) is 7.48. The van der Waals surface area contributed by atoms with Crippen molar-refractivity contribution in [2.75, 3.05) is 5.32 Å². The molecule has 164 valence electrons. The Balaban J connectivity index is 1.37. The maximum absolute atomic E-state index is 13.5. The van der Waals surface area contributed by atoms with Gasteiger partial charge < -0.3 is 0 Å². The summed E-state index contributed by atoms with van der Waals surface area (Å²) in [6.45, 7) is 0.292. The number of hydrogen-bond donors (Lipinski definition) is 1. The summed E-state index contributed by atoms with van der Waals surface area (Å²) in [5.41, 5.74) is -0.165. The van der Waals surface area contributed by atoms with Crippen molar-refractivity contribution in [2.24, 2.45) is 0 Å². The van der Waals surface area contributed by atoms with E-state index >= 15 is 0 Å². The van der Waals surface area contributed by atoms with Gasteiger partial charge in [-0.25, -0.2) is 23.6 Å². The zero-order chi connectivity index (χ0) is 22.5. The van der Waals surface area contributed by atoms with Crippen molar-refractivity contribution in [3.8, 4) is 0 Å². The van der Waals surface area contributed by atoms with Gasteiger partial charge in [-0.3, -0.25) is 10.1 Å². The van der Waals surface area contributed by atoms with E-state index in [1.54, 1.807) is 12.1 Å². The fourth-order valence-electron chi connectivity index (χ4n) is 3.27. The van der Waals surface area contributed by atoms with Gasteiger partial charge in [0.1, 0.15) is 17.8 Å². The van der Waals surface area contributed by atoms with Crippen molar-refractivity contribution in [1.29, 1.82) is 0 Å². The molecule has 0 bridgehead atoms. The monoisotopic (exact) mass is 445 g/mol. The van der Waals surface area contributed by atoms with E-state index in [9.17, 15) is 22.4 Å². The molecule has 1 aliphatic rings. The van der Waals surface area contributed by atoms with Gasteiger partial charge in [-0.1, -0.05) is 12.1 Å². The minimum atomic E-state index is -4.65. The van der Waals surface area contributed by atoms with Crippen LogP contribution in [0.15, 0.2) is 42.7 Å². The topological polar surface area (TPSA) is 90.0 Å². The van der Waals surface area contributed by atoms with Gasteiger partial charge in [-0.15, -0.1) is 5.10 Å². The number of anilines is 1. The minimum Gasteiger partial charge on any atom is -0.288 e. The molecule has 1 amide bonds. The highest BCUT2D eigenvalue weighted by Crippen LogP contribution is 2.41. The molecule has 8 nitrogen and oxygen atoms in total. The van der Waals surface area contributed by atoms with Crippen molar-refractivity contribution in [2.45, 2.75) is 31.5 Å². The SMILES string of the molecule is O=C(Nc1ncn(Cc2ccc(F)cc2)n1)c1cc2nc(C3CC3)cc(C(F)(F)F)n2n1. The number of carbonyl (C=O) groups excluding carboxylic acids is 1. The van der Waals surface area contributed by atoms with E-state index in [0.29, 0.717) is 16.8 Å². The third-order valence-corrected chi connectivity index (χ3v) is 4.99. The summed E-state index contributed by atoms with van der Waals surface area (Å²) in [7, 11) is 0. The minimum absolute atomic E-state index is 0.00236. The van der Waals surface area contributed by atoms with Gasteiger partial charge in [0.05, 0.1) is 6.54 Å². The molecule has 1 N–H and O–H groups in total. The molecule has 1 aromatic carbocycles. The number of carbonyl (C=O) groups is 1. The molecular formula is C20H15F4N7O. The van der Waals surface area contributed by atoms with Crippen LogP contribution in [0.25, 0.3) is 5.65 Å². The number of amides is 1. The zero-order valence-corrected chi connectivity index (χ0v) is 16.3. The molecule has 5 rings (SSSR count). The Hall–Kier alpha value is -3.83. The van der Waals surface area contributed by atoms with Gasteiger partial charge >= 0.3 is 6.18 Å². The van der Waals surface area contributed by atoms with Crippen LogP contribution >= 0.6 is 0 Å². The molecule has 0 saturated heterocycles. The number of fused-ring (bicyclic) bond motifs is 1. The Bertz CT molecular complexity index is 1310. The van der Waals surface area contributed by atoms with Gasteiger partial charge in [0.25, 0.3) is 5.91 Å². The molecule has 1 aliphatic carbocycles. The maximum atomic E-state index is 13.5. The Morgan fingerprint density at radius 1 is 1.12 bits per heavy atom. The van der Waals surface area contributed by atoms with E-state index in [0.717, 1.165) is 24.5 Å². The smallest absolute Gasteiger partial charge is 0.288 e. The molecule has 3 heterocycles. The lowest BCUT2D eigenvalue weighted by Gasteiger charge is -2.10. The molecule has 1 saturated carbocycles. The summed E-state index contributed by atoms with van der Waals surface area (Å²) in [4.78, 5) is 20.8. The van der Waals surface area contributed by atoms with Crippen LogP contribution in [0, 0.1) is 5.82 Å². The van der Waals surface area contributed by atoms with Crippen LogP contribution in [0.1, 0.15) is 46.2 Å². The number of benzene rings is 1. The molecule has 0 aliphatic heterocycles. The van der Waals surface area contributed by atoms with Crippen LogP contribution in [-0.4, -0.2) is 35.3 Å². The van der Waals surface area contributed by atoms with Crippen LogP contribution in [0.4, 0.5) is 23.5 Å². The number of nitrogens with zero attached hydrogens (tertiary/aromatic N) is 6. The highest BCUT2D eigenvalue weighted by molar-refractivity contribution is 6.02. The Morgan fingerprint density at radius 3 is 2.56 bits per heavy atom. The predicted molar refractivity (Wildman–Crippen MR) is 103 cm³/mol. The van der Waals surface area contributed by atoms with Crippen LogP contribution < -0.4 is 5.32 Å². The maximum Gasteiger partial charge on any atom is 0.433 e. The van der Waals surface area contributed by atoms with E-state index in [-0.39, 0.29) is 29.0 Å². The average molecular weight is 445 g/mol. The zero-order valence-electron chi connectivity index (χ0n) is 16.3. The Labute approximate surface area is 177 Å². The lowest BCUT2D eigenvalue weighted by molar-refractivity contribution is -0.142. The van der Waals surface area contributed by atoms with E-state index < -0.39 is 17.8 Å². The third-order valence-electron chi connectivity index (χ3n) is 4.99. The molecule has 0 atom stereocenters. The first-order valence-electron chi connectivity index (χ1n) is 9.69. The first-order valence-corrected chi connectivity index (χ1v) is 9.69. The standard InChI is InChI=1S/C20H15F4N7O/c21-13-5-1-11(2-6-13)9-30-10-25-19(29-30)27-18(32)15-8-17-26-14(12-3-4-12)7-16(20(22,23)24)31(17)28-15/h1-2,5-8,10,12H,3-4,9H2,(H,27,29,32). The van der Waals surface area contributed by atoms with Gasteiger partial charge in [-0.2, -0.15) is 18.3 Å². The van der Waals surface area contributed by atoms with E-state index in [4.69, 9.17) is 0 Å². The van der Waals surface area contributed by atoms with Gasteiger partial charge in [0, 0.05) is 17.7 Å². The highest BCUT2D eigenvalue weighted by atomic mass is 19.4. The molecule has 0 spiro atoms. The molecule has 3 aromatic heterocycles. The molecule has 0 radical (unpaired) electrons. The average Bonchev–Trinajstić information content (AvgIpc) is 3.35. The number of aromatic nitrogens is 6. The van der Waals surface area contributed by atoms with Gasteiger partial charge in [-0.05, 0) is 36.6 Å². The second-order valence-corrected chi connectivity index (χ2v) is 7.48. The Kier molecular flexibility index (Phi) is 4.64. The van der Waals surface area contributed by atoms with Crippen LogP contribution in [-0.2, 0) is 12.7 Å². The lowest BCUT2D eigenvalue weighted by Crippen LogP contribution is -2.16. The molecule has 0 unspecified atom stereocenters. The third kappa shape index (κ3) is 4.03. The number of alkyl halides is 3. The van der Waals surface area contributed by atoms with Crippen LogP contribution in [0.2, 0.25) is 0 Å². The first kappa shape index (κ1) is 20.1. The van der Waals surface area contributed by atoms with Crippen molar-refractivity contribution in [1.82, 2.24) is 29.4 Å². The number of hydrogen-bond acceptors (Lipinski definition) is 5. The molecule has 12 heteroatoms. The molecule has 1 fully saturated rings. The molecule has 32 heavy (non-hydrogen) atoms. The van der Waals surface area contributed by atoms with E-state index in [2.05, 4.69) is 25.5 Å². The number of nitrogens with one attached hydrogen (secondary N) is 1. The summed E-state index contributed by atoms with van der Waals surface area (Å²) in [5, 5.41) is 10.3. The molecule has 4 aromatic rings. The first-order chi connectivity index (χ1) is 15.3. The van der Waals surface area contributed by atoms with E-state index in [1.807, 2.05) is 0 Å². The predicted octanol–water partition coefficient (Wildman–Crippen LogP) is 3.66. The summed E-state index contributed by atoms with van der Waals surface area (Å²) < 4.78 is 55.6. The second kappa shape index (κ2) is 7.39. The summed E-state index contributed by atoms with van der Waals surface area (Å²) in [6, 6.07) is 8.00.